The van der Waals surface area contributed by atoms with Crippen LogP contribution in [0.2, 0.25) is 5.02 Å². The fourth-order valence-corrected chi connectivity index (χ4v) is 2.19. The van der Waals surface area contributed by atoms with Gasteiger partial charge in [-0.2, -0.15) is 0 Å². The zero-order valence-electron chi connectivity index (χ0n) is 11.2. The molecule has 0 aliphatic heterocycles. The summed E-state index contributed by atoms with van der Waals surface area (Å²) in [5.41, 5.74) is 8.47. The number of halogens is 1. The lowest BCUT2D eigenvalue weighted by Crippen LogP contribution is -2.23. The Hall–Kier alpha value is -1.55. The standard InChI is InChI=1S/C16H19ClN2O/c17-14-3-1-2-13(10-14)16(20)11-19-9-8-12-4-6-15(18)7-5-12/h1-7,10,16,19-20H,8-9,11,18H2. The quantitative estimate of drug-likeness (QED) is 0.566. The Bertz CT molecular complexity index is 542. The second-order valence-electron chi connectivity index (χ2n) is 4.77. The van der Waals surface area contributed by atoms with Crippen LogP contribution in [-0.4, -0.2) is 18.2 Å². The van der Waals surface area contributed by atoms with Crippen molar-refractivity contribution in [1.29, 1.82) is 0 Å². The molecule has 3 nitrogen and oxygen atoms in total. The van der Waals surface area contributed by atoms with E-state index in [2.05, 4.69) is 5.32 Å². The lowest BCUT2D eigenvalue weighted by Gasteiger charge is -2.12. The van der Waals surface area contributed by atoms with Gasteiger partial charge in [-0.25, -0.2) is 0 Å². The number of hydrogen-bond donors (Lipinski definition) is 3. The van der Waals surface area contributed by atoms with E-state index in [9.17, 15) is 5.11 Å². The van der Waals surface area contributed by atoms with Crippen molar-refractivity contribution in [1.82, 2.24) is 5.32 Å². The van der Waals surface area contributed by atoms with Crippen molar-refractivity contribution in [3.8, 4) is 0 Å². The first kappa shape index (κ1) is 14.9. The Morgan fingerprint density at radius 3 is 2.60 bits per heavy atom. The summed E-state index contributed by atoms with van der Waals surface area (Å²) < 4.78 is 0. The highest BCUT2D eigenvalue weighted by Crippen LogP contribution is 2.17. The summed E-state index contributed by atoms with van der Waals surface area (Å²) >= 11 is 5.90. The van der Waals surface area contributed by atoms with Crippen LogP contribution < -0.4 is 11.1 Å². The van der Waals surface area contributed by atoms with E-state index in [1.165, 1.54) is 5.56 Å². The fraction of sp³-hybridized carbons (Fsp3) is 0.250. The Morgan fingerprint density at radius 1 is 1.15 bits per heavy atom. The maximum atomic E-state index is 10.0. The van der Waals surface area contributed by atoms with Gasteiger partial charge >= 0.3 is 0 Å². The molecule has 0 fully saturated rings. The van der Waals surface area contributed by atoms with Gasteiger partial charge in [0.15, 0.2) is 0 Å². The van der Waals surface area contributed by atoms with Crippen LogP contribution in [0.5, 0.6) is 0 Å². The predicted octanol–water partition coefficient (Wildman–Crippen LogP) is 2.79. The van der Waals surface area contributed by atoms with Crippen molar-refractivity contribution >= 4 is 17.3 Å². The normalized spacial score (nSPS) is 12.3. The summed E-state index contributed by atoms with van der Waals surface area (Å²) in [5.74, 6) is 0. The summed E-state index contributed by atoms with van der Waals surface area (Å²) in [6.07, 6.45) is 0.364. The Kier molecular flexibility index (Phi) is 5.41. The highest BCUT2D eigenvalue weighted by molar-refractivity contribution is 6.30. The Balaban J connectivity index is 1.74. The second kappa shape index (κ2) is 7.29. The van der Waals surface area contributed by atoms with Crippen LogP contribution in [0.4, 0.5) is 5.69 Å². The third-order valence-electron chi connectivity index (χ3n) is 3.14. The average Bonchev–Trinajstić information content (AvgIpc) is 2.45. The van der Waals surface area contributed by atoms with E-state index in [-0.39, 0.29) is 0 Å². The van der Waals surface area contributed by atoms with Gasteiger partial charge in [0.05, 0.1) is 6.10 Å². The number of aliphatic hydroxyl groups excluding tert-OH is 1. The summed E-state index contributed by atoms with van der Waals surface area (Å²) in [6, 6.07) is 15.1. The SMILES string of the molecule is Nc1ccc(CCNCC(O)c2cccc(Cl)c2)cc1. The molecule has 1 atom stereocenters. The Labute approximate surface area is 124 Å². The molecule has 0 saturated heterocycles. The molecule has 4 N–H and O–H groups in total. The molecule has 0 spiro atoms. The van der Waals surface area contributed by atoms with Gasteiger partial charge in [-0.3, -0.25) is 0 Å². The van der Waals surface area contributed by atoms with Crippen molar-refractivity contribution in [3.05, 3.63) is 64.7 Å². The van der Waals surface area contributed by atoms with Crippen LogP contribution in [-0.2, 0) is 6.42 Å². The number of hydrogen-bond acceptors (Lipinski definition) is 3. The maximum Gasteiger partial charge on any atom is 0.0914 e. The van der Waals surface area contributed by atoms with Crippen molar-refractivity contribution in [2.45, 2.75) is 12.5 Å². The molecular formula is C16H19ClN2O. The summed E-state index contributed by atoms with van der Waals surface area (Å²) in [6.45, 7) is 1.32. The minimum atomic E-state index is -0.542. The number of rotatable bonds is 6. The van der Waals surface area contributed by atoms with Crippen LogP contribution in [0.1, 0.15) is 17.2 Å². The molecule has 2 aromatic carbocycles. The third-order valence-corrected chi connectivity index (χ3v) is 3.38. The summed E-state index contributed by atoms with van der Waals surface area (Å²) in [4.78, 5) is 0. The zero-order valence-corrected chi connectivity index (χ0v) is 12.0. The summed E-state index contributed by atoms with van der Waals surface area (Å²) in [5, 5.41) is 13.9. The smallest absolute Gasteiger partial charge is 0.0914 e. The molecular weight excluding hydrogens is 272 g/mol. The first-order chi connectivity index (χ1) is 9.65. The number of nitrogens with one attached hydrogen (secondary N) is 1. The molecule has 0 amide bonds. The molecule has 2 aromatic rings. The lowest BCUT2D eigenvalue weighted by atomic mass is 10.1. The van der Waals surface area contributed by atoms with Gasteiger partial charge in [-0.15, -0.1) is 0 Å². The molecule has 0 heterocycles. The van der Waals surface area contributed by atoms with Gasteiger partial charge in [0.1, 0.15) is 0 Å². The highest BCUT2D eigenvalue weighted by atomic mass is 35.5. The lowest BCUT2D eigenvalue weighted by molar-refractivity contribution is 0.175. The minimum Gasteiger partial charge on any atom is -0.399 e. The van der Waals surface area contributed by atoms with Gasteiger partial charge in [-0.1, -0.05) is 35.9 Å². The number of nitrogens with two attached hydrogens (primary N) is 1. The van der Waals surface area contributed by atoms with E-state index in [0.717, 1.165) is 24.2 Å². The molecule has 4 heteroatoms. The molecule has 0 saturated carbocycles. The molecule has 2 rings (SSSR count). The first-order valence-corrected chi connectivity index (χ1v) is 7.01. The average molecular weight is 291 g/mol. The number of nitrogen functional groups attached to an aromatic ring is 1. The number of benzene rings is 2. The van der Waals surface area contributed by atoms with Crippen LogP contribution in [0.15, 0.2) is 48.5 Å². The third kappa shape index (κ3) is 4.53. The number of aliphatic hydroxyl groups is 1. The largest absolute Gasteiger partial charge is 0.399 e. The van der Waals surface area contributed by atoms with Crippen molar-refractivity contribution in [2.24, 2.45) is 0 Å². The molecule has 106 valence electrons. The zero-order chi connectivity index (χ0) is 14.4. The molecule has 1 unspecified atom stereocenters. The topological polar surface area (TPSA) is 58.3 Å². The van der Waals surface area contributed by atoms with E-state index < -0.39 is 6.10 Å². The highest BCUT2D eigenvalue weighted by Gasteiger charge is 2.06. The first-order valence-electron chi connectivity index (χ1n) is 6.64. The Morgan fingerprint density at radius 2 is 1.90 bits per heavy atom. The van der Waals surface area contributed by atoms with E-state index in [4.69, 9.17) is 17.3 Å². The van der Waals surface area contributed by atoms with Crippen molar-refractivity contribution in [2.75, 3.05) is 18.8 Å². The van der Waals surface area contributed by atoms with Crippen molar-refractivity contribution in [3.63, 3.8) is 0 Å². The van der Waals surface area contributed by atoms with E-state index >= 15 is 0 Å². The van der Waals surface area contributed by atoms with Crippen LogP contribution in [0.25, 0.3) is 0 Å². The molecule has 0 aliphatic carbocycles. The minimum absolute atomic E-state index is 0.509. The van der Waals surface area contributed by atoms with Gasteiger partial charge in [-0.05, 0) is 48.4 Å². The molecule has 20 heavy (non-hydrogen) atoms. The van der Waals surface area contributed by atoms with Crippen LogP contribution >= 0.6 is 11.6 Å². The second-order valence-corrected chi connectivity index (χ2v) is 5.20. The van der Waals surface area contributed by atoms with Gasteiger partial charge in [0.25, 0.3) is 0 Å². The van der Waals surface area contributed by atoms with E-state index in [1.807, 2.05) is 36.4 Å². The van der Waals surface area contributed by atoms with Gasteiger partial charge in [0, 0.05) is 17.3 Å². The molecule has 0 radical (unpaired) electrons. The fourth-order valence-electron chi connectivity index (χ4n) is 1.99. The van der Waals surface area contributed by atoms with Gasteiger partial charge in [0.2, 0.25) is 0 Å². The maximum absolute atomic E-state index is 10.0. The predicted molar refractivity (Wildman–Crippen MR) is 83.8 cm³/mol. The van der Waals surface area contributed by atoms with Crippen LogP contribution in [0.3, 0.4) is 0 Å². The monoisotopic (exact) mass is 290 g/mol. The molecule has 0 aliphatic rings. The van der Waals surface area contributed by atoms with Gasteiger partial charge < -0.3 is 16.2 Å². The number of anilines is 1. The van der Waals surface area contributed by atoms with E-state index in [0.29, 0.717) is 11.6 Å². The summed E-state index contributed by atoms with van der Waals surface area (Å²) in [7, 11) is 0. The molecule has 0 bridgehead atoms. The molecule has 0 aromatic heterocycles. The van der Waals surface area contributed by atoms with E-state index in [1.54, 1.807) is 12.1 Å². The van der Waals surface area contributed by atoms with Crippen LogP contribution in [0, 0.1) is 0 Å². The van der Waals surface area contributed by atoms with Crippen molar-refractivity contribution < 1.29 is 5.11 Å².